The fraction of sp³-hybridized carbons (Fsp3) is 1.00. The molecule has 3 atom stereocenters. The quantitative estimate of drug-likeness (QED) is 0.452. The molecule has 0 spiro atoms. The molecule has 0 aromatic heterocycles. The average Bonchev–Trinajstić information content (AvgIpc) is 2.30. The first kappa shape index (κ1) is 7.94. The summed E-state index contributed by atoms with van der Waals surface area (Å²) in [5.41, 5.74) is 5.30. The van der Waals surface area contributed by atoms with Crippen LogP contribution in [0.4, 0.5) is 0 Å². The Morgan fingerprint density at radius 2 is 2.30 bits per heavy atom. The van der Waals surface area contributed by atoms with Gasteiger partial charge in [-0.15, -0.1) is 0 Å². The van der Waals surface area contributed by atoms with E-state index in [0.717, 1.165) is 0 Å². The van der Waals surface area contributed by atoms with Crippen LogP contribution in [-0.2, 0) is 4.74 Å². The molecule has 1 rings (SSSR count). The number of ether oxygens (including phenoxy) is 1. The van der Waals surface area contributed by atoms with Crippen molar-refractivity contribution in [1.29, 1.82) is 0 Å². The van der Waals surface area contributed by atoms with Gasteiger partial charge in [0, 0.05) is 12.5 Å². The molecule has 10 heavy (non-hydrogen) atoms. The van der Waals surface area contributed by atoms with Crippen LogP contribution < -0.4 is 5.73 Å². The van der Waals surface area contributed by atoms with Crippen molar-refractivity contribution in [3.05, 3.63) is 0 Å². The second-order valence-corrected chi connectivity index (χ2v) is 2.56. The molecule has 1 saturated heterocycles. The van der Waals surface area contributed by atoms with Crippen LogP contribution in [0, 0.1) is 5.92 Å². The molecule has 1 aliphatic heterocycles. The minimum absolute atomic E-state index is 0.0301. The van der Waals surface area contributed by atoms with E-state index in [9.17, 15) is 0 Å². The monoisotopic (exact) mass is 147 g/mol. The van der Waals surface area contributed by atoms with Crippen molar-refractivity contribution in [2.75, 3.05) is 13.2 Å². The molecule has 1 fully saturated rings. The fourth-order valence-electron chi connectivity index (χ4n) is 1.13. The Kier molecular flexibility index (Phi) is 2.62. The van der Waals surface area contributed by atoms with Crippen molar-refractivity contribution >= 4 is 0 Å². The zero-order valence-corrected chi connectivity index (χ0v) is 5.73. The Morgan fingerprint density at radius 3 is 2.60 bits per heavy atom. The normalized spacial score (nSPS) is 40.5. The summed E-state index contributed by atoms with van der Waals surface area (Å²) in [6.45, 7) is 0.380. The molecule has 60 valence electrons. The summed E-state index contributed by atoms with van der Waals surface area (Å²) >= 11 is 0. The van der Waals surface area contributed by atoms with Crippen molar-refractivity contribution < 1.29 is 14.9 Å². The van der Waals surface area contributed by atoms with Gasteiger partial charge in [0.2, 0.25) is 0 Å². The second-order valence-electron chi connectivity index (χ2n) is 2.56. The van der Waals surface area contributed by atoms with Gasteiger partial charge in [0.1, 0.15) is 0 Å². The lowest BCUT2D eigenvalue weighted by Crippen LogP contribution is -2.20. The molecule has 3 unspecified atom stereocenters. The SMILES string of the molecule is NCC1CC(CO)C(O)O1. The van der Waals surface area contributed by atoms with Crippen LogP contribution in [0.3, 0.4) is 0 Å². The third kappa shape index (κ3) is 1.46. The summed E-state index contributed by atoms with van der Waals surface area (Å²) in [5, 5.41) is 17.7. The average molecular weight is 147 g/mol. The van der Waals surface area contributed by atoms with Crippen LogP contribution in [-0.4, -0.2) is 35.8 Å². The van der Waals surface area contributed by atoms with Gasteiger partial charge >= 0.3 is 0 Å². The van der Waals surface area contributed by atoms with E-state index in [-0.39, 0.29) is 18.6 Å². The summed E-state index contributed by atoms with van der Waals surface area (Å²) in [6, 6.07) is 0. The molecule has 1 aliphatic rings. The second kappa shape index (κ2) is 3.30. The summed E-state index contributed by atoms with van der Waals surface area (Å²) < 4.78 is 4.98. The van der Waals surface area contributed by atoms with E-state index in [1.165, 1.54) is 0 Å². The van der Waals surface area contributed by atoms with E-state index in [0.29, 0.717) is 13.0 Å². The van der Waals surface area contributed by atoms with Gasteiger partial charge in [-0.2, -0.15) is 0 Å². The first-order valence-corrected chi connectivity index (χ1v) is 3.42. The minimum atomic E-state index is -0.821. The van der Waals surface area contributed by atoms with Gasteiger partial charge < -0.3 is 20.7 Å². The molecular weight excluding hydrogens is 134 g/mol. The molecular formula is C6H13NO3. The predicted octanol–water partition coefficient (Wildman–Crippen LogP) is -1.34. The Labute approximate surface area is 59.6 Å². The lowest BCUT2D eigenvalue weighted by molar-refractivity contribution is -0.111. The molecule has 0 bridgehead atoms. The highest BCUT2D eigenvalue weighted by molar-refractivity contribution is 4.76. The van der Waals surface area contributed by atoms with Crippen LogP contribution in [0.15, 0.2) is 0 Å². The lowest BCUT2D eigenvalue weighted by Gasteiger charge is -2.07. The summed E-state index contributed by atoms with van der Waals surface area (Å²) in [6.07, 6.45) is -0.237. The molecule has 0 radical (unpaired) electrons. The van der Waals surface area contributed by atoms with E-state index in [2.05, 4.69) is 0 Å². The van der Waals surface area contributed by atoms with E-state index in [1.807, 2.05) is 0 Å². The zero-order valence-electron chi connectivity index (χ0n) is 5.73. The highest BCUT2D eigenvalue weighted by Gasteiger charge is 2.32. The van der Waals surface area contributed by atoms with Gasteiger partial charge in [-0.05, 0) is 6.42 Å². The Hall–Kier alpha value is -0.160. The Bertz CT molecular complexity index is 109. The summed E-state index contributed by atoms with van der Waals surface area (Å²) in [4.78, 5) is 0. The van der Waals surface area contributed by atoms with Crippen LogP contribution in [0.2, 0.25) is 0 Å². The van der Waals surface area contributed by atoms with Crippen LogP contribution in [0.1, 0.15) is 6.42 Å². The number of aliphatic hydroxyl groups is 2. The molecule has 0 aromatic carbocycles. The highest BCUT2D eigenvalue weighted by atomic mass is 16.6. The van der Waals surface area contributed by atoms with Gasteiger partial charge in [0.05, 0.1) is 12.7 Å². The highest BCUT2D eigenvalue weighted by Crippen LogP contribution is 2.23. The molecule has 0 aliphatic carbocycles. The van der Waals surface area contributed by atoms with Gasteiger partial charge in [-0.25, -0.2) is 0 Å². The maximum atomic E-state index is 9.05. The molecule has 0 saturated carbocycles. The Balaban J connectivity index is 2.36. The number of hydrogen-bond donors (Lipinski definition) is 3. The van der Waals surface area contributed by atoms with Gasteiger partial charge in [-0.1, -0.05) is 0 Å². The molecule has 0 amide bonds. The minimum Gasteiger partial charge on any atom is -0.396 e. The first-order chi connectivity index (χ1) is 4.77. The number of hydrogen-bond acceptors (Lipinski definition) is 4. The molecule has 1 heterocycles. The van der Waals surface area contributed by atoms with E-state index < -0.39 is 6.29 Å². The maximum Gasteiger partial charge on any atom is 0.160 e. The van der Waals surface area contributed by atoms with E-state index in [1.54, 1.807) is 0 Å². The maximum absolute atomic E-state index is 9.05. The summed E-state index contributed by atoms with van der Waals surface area (Å²) in [7, 11) is 0. The van der Waals surface area contributed by atoms with Crippen LogP contribution in [0.5, 0.6) is 0 Å². The van der Waals surface area contributed by atoms with Crippen LogP contribution >= 0.6 is 0 Å². The predicted molar refractivity (Wildman–Crippen MR) is 35.1 cm³/mol. The van der Waals surface area contributed by atoms with Crippen molar-refractivity contribution in [2.24, 2.45) is 11.7 Å². The Morgan fingerprint density at radius 1 is 1.60 bits per heavy atom. The third-order valence-electron chi connectivity index (χ3n) is 1.80. The molecule has 0 aromatic rings. The van der Waals surface area contributed by atoms with Gasteiger partial charge in [0.25, 0.3) is 0 Å². The molecule has 4 nitrogen and oxygen atoms in total. The molecule has 4 heteroatoms. The van der Waals surface area contributed by atoms with Crippen molar-refractivity contribution in [2.45, 2.75) is 18.8 Å². The summed E-state index contributed by atoms with van der Waals surface area (Å²) in [5.74, 6) is -0.145. The topological polar surface area (TPSA) is 75.7 Å². The fourth-order valence-corrected chi connectivity index (χ4v) is 1.13. The van der Waals surface area contributed by atoms with Gasteiger partial charge in [-0.3, -0.25) is 0 Å². The van der Waals surface area contributed by atoms with Crippen molar-refractivity contribution in [3.63, 3.8) is 0 Å². The van der Waals surface area contributed by atoms with Crippen molar-refractivity contribution in [3.8, 4) is 0 Å². The van der Waals surface area contributed by atoms with Crippen LogP contribution in [0.25, 0.3) is 0 Å². The third-order valence-corrected chi connectivity index (χ3v) is 1.80. The van der Waals surface area contributed by atoms with Crippen molar-refractivity contribution in [1.82, 2.24) is 0 Å². The largest absolute Gasteiger partial charge is 0.396 e. The smallest absolute Gasteiger partial charge is 0.160 e. The zero-order chi connectivity index (χ0) is 7.56. The molecule has 4 N–H and O–H groups in total. The first-order valence-electron chi connectivity index (χ1n) is 3.42. The number of nitrogens with two attached hydrogens (primary N) is 1. The van der Waals surface area contributed by atoms with Gasteiger partial charge in [0.15, 0.2) is 6.29 Å². The van der Waals surface area contributed by atoms with E-state index >= 15 is 0 Å². The number of rotatable bonds is 2. The standard InChI is InChI=1S/C6H13NO3/c7-2-5-1-4(3-8)6(9)10-5/h4-6,8-9H,1-3,7H2. The van der Waals surface area contributed by atoms with E-state index in [4.69, 9.17) is 20.7 Å². The number of aliphatic hydroxyl groups excluding tert-OH is 2. The lowest BCUT2D eigenvalue weighted by atomic mass is 10.1.